The standard InChI is InChI=1S/C37H62O6Si/c1-25-13-16-29(43-44(9,10)35(3,4)5)22-27(25)14-15-28-23-30(42-34(40)20-19-33(38)39)24-37(8)31(17-18-32(28)37)26(2)12-11-21-36(6,7)41/h14-15,26,29-32,41H,1,11-13,16-24H2,2-10H3,(H,38,39)/b27-14-,28-15+/t26-,29+,30+,31-,32?,37-/m1/s1. The van der Waals surface area contributed by atoms with Gasteiger partial charge in [0.25, 0.3) is 0 Å². The summed E-state index contributed by atoms with van der Waals surface area (Å²) in [6.45, 7) is 24.4. The van der Waals surface area contributed by atoms with Gasteiger partial charge in [0.1, 0.15) is 6.10 Å². The number of ether oxygens (including phenoxy) is 1. The SMILES string of the molecule is C=C1CC[C@H](O[Si](C)(C)C(C)(C)C)C/C1=C/C=C1\C[C@H](OC(=O)CCC(=O)O)C[C@@]2(C)C1CC[C@@H]2[C@H](C)CCCC(C)(C)O. The number of hydrogen-bond donors (Lipinski definition) is 2. The highest BCUT2D eigenvalue weighted by Gasteiger charge is 2.53. The van der Waals surface area contributed by atoms with Gasteiger partial charge in [-0.2, -0.15) is 0 Å². The fourth-order valence-electron chi connectivity index (χ4n) is 7.92. The van der Waals surface area contributed by atoms with Crippen LogP contribution in [0.5, 0.6) is 0 Å². The molecule has 2 N–H and O–H groups in total. The maximum Gasteiger partial charge on any atom is 0.306 e. The van der Waals surface area contributed by atoms with Gasteiger partial charge in [0.2, 0.25) is 0 Å². The van der Waals surface area contributed by atoms with Gasteiger partial charge in [-0.05, 0) is 106 Å². The lowest BCUT2D eigenvalue weighted by molar-refractivity contribution is -0.155. The lowest BCUT2D eigenvalue weighted by atomic mass is 9.60. The van der Waals surface area contributed by atoms with E-state index in [-0.39, 0.29) is 35.5 Å². The molecule has 0 heterocycles. The maximum atomic E-state index is 12.7. The third kappa shape index (κ3) is 9.65. The van der Waals surface area contributed by atoms with Crippen LogP contribution in [0.4, 0.5) is 0 Å². The van der Waals surface area contributed by atoms with Crippen molar-refractivity contribution in [1.29, 1.82) is 0 Å². The summed E-state index contributed by atoms with van der Waals surface area (Å²) in [7, 11) is -1.88. The Hall–Kier alpha value is -1.70. The number of esters is 1. The van der Waals surface area contributed by atoms with Crippen LogP contribution in [-0.4, -0.2) is 48.3 Å². The number of aliphatic carboxylic acids is 1. The lowest BCUT2D eigenvalue weighted by Gasteiger charge is -2.47. The van der Waals surface area contributed by atoms with Crippen LogP contribution >= 0.6 is 0 Å². The second-order valence-corrected chi connectivity index (χ2v) is 21.4. The monoisotopic (exact) mass is 630 g/mol. The van der Waals surface area contributed by atoms with Crippen molar-refractivity contribution in [2.75, 3.05) is 0 Å². The predicted octanol–water partition coefficient (Wildman–Crippen LogP) is 9.15. The molecule has 6 atom stereocenters. The van der Waals surface area contributed by atoms with Crippen LogP contribution in [0.15, 0.2) is 35.5 Å². The highest BCUT2D eigenvalue weighted by molar-refractivity contribution is 6.74. The fourth-order valence-corrected chi connectivity index (χ4v) is 9.31. The Balaban J connectivity index is 1.85. The minimum absolute atomic E-state index is 0.00790. The van der Waals surface area contributed by atoms with Crippen LogP contribution < -0.4 is 0 Å². The predicted molar refractivity (Wildman–Crippen MR) is 181 cm³/mol. The molecule has 3 aliphatic carbocycles. The van der Waals surface area contributed by atoms with Crippen LogP contribution in [0.3, 0.4) is 0 Å². The molecule has 250 valence electrons. The molecular weight excluding hydrogens is 568 g/mol. The summed E-state index contributed by atoms with van der Waals surface area (Å²) < 4.78 is 12.8. The summed E-state index contributed by atoms with van der Waals surface area (Å²) in [5.74, 6) is 0.0178. The second kappa shape index (κ2) is 14.4. The van der Waals surface area contributed by atoms with Crippen molar-refractivity contribution in [2.45, 2.75) is 161 Å². The third-order valence-corrected chi connectivity index (χ3v) is 15.9. The molecule has 7 heteroatoms. The molecule has 0 aromatic heterocycles. The highest BCUT2D eigenvalue weighted by Crippen LogP contribution is 2.60. The van der Waals surface area contributed by atoms with E-state index in [4.69, 9.17) is 14.3 Å². The van der Waals surface area contributed by atoms with E-state index >= 15 is 0 Å². The van der Waals surface area contributed by atoms with Crippen LogP contribution in [0.2, 0.25) is 18.1 Å². The number of fused-ring (bicyclic) bond motifs is 1. The summed E-state index contributed by atoms with van der Waals surface area (Å²) in [4.78, 5) is 23.7. The van der Waals surface area contributed by atoms with E-state index in [2.05, 4.69) is 66.4 Å². The number of carbonyl (C=O) groups excluding carboxylic acids is 1. The first-order chi connectivity index (χ1) is 20.2. The number of carboxylic acids is 1. The average Bonchev–Trinajstić information content (AvgIpc) is 3.23. The molecule has 0 aliphatic heterocycles. The number of rotatable bonds is 12. The van der Waals surface area contributed by atoms with E-state index in [9.17, 15) is 14.7 Å². The van der Waals surface area contributed by atoms with Crippen molar-refractivity contribution in [2.24, 2.45) is 23.2 Å². The zero-order valence-electron chi connectivity index (χ0n) is 29.3. The van der Waals surface area contributed by atoms with Crippen LogP contribution in [0.25, 0.3) is 0 Å². The lowest BCUT2D eigenvalue weighted by Crippen LogP contribution is -2.44. The Labute approximate surface area is 268 Å². The minimum atomic E-state index is -1.88. The minimum Gasteiger partial charge on any atom is -0.481 e. The van der Waals surface area contributed by atoms with Gasteiger partial charge in [0, 0.05) is 12.5 Å². The van der Waals surface area contributed by atoms with Crippen molar-refractivity contribution in [3.63, 3.8) is 0 Å². The number of carboxylic acid groups (broad SMARTS) is 1. The normalized spacial score (nSPS) is 30.8. The van der Waals surface area contributed by atoms with Crippen molar-refractivity contribution < 1.29 is 29.0 Å². The Morgan fingerprint density at radius 1 is 1.07 bits per heavy atom. The number of carbonyl (C=O) groups is 2. The molecule has 0 aromatic carbocycles. The van der Waals surface area contributed by atoms with Crippen molar-refractivity contribution in [3.8, 4) is 0 Å². The number of allylic oxidation sites excluding steroid dienone is 3. The van der Waals surface area contributed by atoms with Gasteiger partial charge in [-0.15, -0.1) is 0 Å². The first-order valence-corrected chi connectivity index (χ1v) is 20.0. The second-order valence-electron chi connectivity index (χ2n) is 16.6. The van der Waals surface area contributed by atoms with E-state index in [1.54, 1.807) is 0 Å². The zero-order chi connectivity index (χ0) is 33.1. The Morgan fingerprint density at radius 2 is 1.75 bits per heavy atom. The maximum absolute atomic E-state index is 12.7. The molecule has 0 amide bonds. The van der Waals surface area contributed by atoms with Gasteiger partial charge in [-0.1, -0.05) is 77.3 Å². The van der Waals surface area contributed by atoms with Gasteiger partial charge in [-0.3, -0.25) is 9.59 Å². The van der Waals surface area contributed by atoms with Crippen molar-refractivity contribution >= 4 is 20.3 Å². The van der Waals surface area contributed by atoms with E-state index in [1.807, 2.05) is 13.8 Å². The van der Waals surface area contributed by atoms with E-state index in [0.29, 0.717) is 24.2 Å². The molecule has 3 aliphatic rings. The van der Waals surface area contributed by atoms with Gasteiger partial charge in [0.05, 0.1) is 18.4 Å². The molecule has 0 aromatic rings. The summed E-state index contributed by atoms with van der Waals surface area (Å²) >= 11 is 0. The molecule has 3 fully saturated rings. The first-order valence-electron chi connectivity index (χ1n) is 17.1. The topological polar surface area (TPSA) is 93.1 Å². The van der Waals surface area contributed by atoms with Crippen molar-refractivity contribution in [3.05, 3.63) is 35.5 Å². The van der Waals surface area contributed by atoms with E-state index in [0.717, 1.165) is 57.8 Å². The summed E-state index contributed by atoms with van der Waals surface area (Å²) in [5.41, 5.74) is 3.14. The quantitative estimate of drug-likeness (QED) is 0.165. The van der Waals surface area contributed by atoms with E-state index in [1.165, 1.54) is 16.7 Å². The molecule has 1 unspecified atom stereocenters. The van der Waals surface area contributed by atoms with Crippen LogP contribution in [0.1, 0.15) is 126 Å². The average molecular weight is 631 g/mol. The first kappa shape index (κ1) is 36.8. The van der Waals surface area contributed by atoms with Crippen LogP contribution in [0, 0.1) is 23.2 Å². The van der Waals surface area contributed by atoms with Crippen LogP contribution in [-0.2, 0) is 18.8 Å². The summed E-state index contributed by atoms with van der Waals surface area (Å²) in [5, 5.41) is 19.5. The fraction of sp³-hybridized carbons (Fsp3) is 0.784. The molecule has 3 saturated carbocycles. The Morgan fingerprint density at radius 3 is 2.36 bits per heavy atom. The smallest absolute Gasteiger partial charge is 0.306 e. The Kier molecular flexibility index (Phi) is 12.0. The van der Waals surface area contributed by atoms with E-state index < -0.39 is 25.9 Å². The Bertz CT molecular complexity index is 1110. The molecule has 0 radical (unpaired) electrons. The van der Waals surface area contributed by atoms with Gasteiger partial charge in [-0.25, -0.2) is 0 Å². The summed E-state index contributed by atoms with van der Waals surface area (Å²) in [6, 6.07) is 0. The van der Waals surface area contributed by atoms with Gasteiger partial charge < -0.3 is 19.4 Å². The molecule has 0 saturated heterocycles. The van der Waals surface area contributed by atoms with Gasteiger partial charge in [0.15, 0.2) is 8.32 Å². The molecular formula is C37H62O6Si. The third-order valence-electron chi connectivity index (χ3n) is 11.4. The summed E-state index contributed by atoms with van der Waals surface area (Å²) in [6.07, 6.45) is 13.7. The molecule has 0 bridgehead atoms. The number of hydrogen-bond acceptors (Lipinski definition) is 5. The zero-order valence-corrected chi connectivity index (χ0v) is 30.3. The molecule has 44 heavy (non-hydrogen) atoms. The largest absolute Gasteiger partial charge is 0.481 e. The van der Waals surface area contributed by atoms with Gasteiger partial charge >= 0.3 is 11.9 Å². The number of aliphatic hydroxyl groups is 1. The molecule has 0 spiro atoms. The molecule has 6 nitrogen and oxygen atoms in total. The van der Waals surface area contributed by atoms with Crippen molar-refractivity contribution in [1.82, 2.24) is 0 Å². The molecule has 3 rings (SSSR count). The highest BCUT2D eigenvalue weighted by atomic mass is 28.4.